The second kappa shape index (κ2) is 7.85. The smallest absolute Gasteiger partial charge is 0.349 e. The monoisotopic (exact) mass is 404 g/mol. The van der Waals surface area contributed by atoms with E-state index in [1.807, 2.05) is 12.1 Å². The average Bonchev–Trinajstić information content (AvgIpc) is 3.06. The summed E-state index contributed by atoms with van der Waals surface area (Å²) in [5.74, 6) is 0.0441. The molecule has 154 valence electrons. The lowest BCUT2D eigenvalue weighted by Crippen LogP contribution is -2.24. The predicted octanol–water partition coefficient (Wildman–Crippen LogP) is 4.29. The molecule has 0 bridgehead atoms. The molecule has 0 saturated heterocycles. The van der Waals surface area contributed by atoms with Gasteiger partial charge in [-0.25, -0.2) is 0 Å². The van der Waals surface area contributed by atoms with Crippen LogP contribution in [0.1, 0.15) is 49.7 Å². The summed E-state index contributed by atoms with van der Waals surface area (Å²) in [4.78, 5) is 12.2. The van der Waals surface area contributed by atoms with Crippen molar-refractivity contribution in [1.82, 2.24) is 19.9 Å². The molecule has 0 aliphatic rings. The van der Waals surface area contributed by atoms with Gasteiger partial charge in [0.25, 0.3) is 0 Å². The van der Waals surface area contributed by atoms with E-state index in [0.717, 1.165) is 17.8 Å². The largest absolute Gasteiger partial charge is 0.417 e. The summed E-state index contributed by atoms with van der Waals surface area (Å²) in [7, 11) is 0. The van der Waals surface area contributed by atoms with Crippen LogP contribution in [0.5, 0.6) is 0 Å². The van der Waals surface area contributed by atoms with Crippen LogP contribution in [0.3, 0.4) is 0 Å². The number of rotatable bonds is 5. The van der Waals surface area contributed by atoms with Gasteiger partial charge >= 0.3 is 6.18 Å². The Labute approximate surface area is 167 Å². The first kappa shape index (κ1) is 20.8. The van der Waals surface area contributed by atoms with Crippen molar-refractivity contribution >= 4 is 11.6 Å². The Kier molecular flexibility index (Phi) is 5.64. The van der Waals surface area contributed by atoms with E-state index < -0.39 is 11.7 Å². The van der Waals surface area contributed by atoms with Gasteiger partial charge in [-0.1, -0.05) is 45.0 Å². The number of amides is 1. The third kappa shape index (κ3) is 5.13. The number of hydrogen-bond acceptors (Lipinski definition) is 3. The number of carbonyl (C=O) groups is 1. The molecule has 0 unspecified atom stereocenters. The fourth-order valence-electron chi connectivity index (χ4n) is 2.92. The Balaban J connectivity index is 1.58. The van der Waals surface area contributed by atoms with Gasteiger partial charge in [-0.05, 0) is 35.1 Å². The minimum Gasteiger partial charge on any atom is -0.349 e. The van der Waals surface area contributed by atoms with Crippen molar-refractivity contribution in [1.29, 1.82) is 0 Å². The van der Waals surface area contributed by atoms with Crippen LogP contribution >= 0.6 is 0 Å². The molecule has 5 nitrogen and oxygen atoms in total. The predicted molar refractivity (Wildman–Crippen MR) is 103 cm³/mol. The van der Waals surface area contributed by atoms with E-state index >= 15 is 0 Å². The first-order valence-corrected chi connectivity index (χ1v) is 9.31. The number of aryl methyl sites for hydroxylation is 1. The third-order valence-electron chi connectivity index (χ3n) is 4.70. The van der Waals surface area contributed by atoms with Crippen LogP contribution in [0.4, 0.5) is 13.2 Å². The molecule has 0 spiro atoms. The topological polar surface area (TPSA) is 59.3 Å². The summed E-state index contributed by atoms with van der Waals surface area (Å²) < 4.78 is 39.9. The van der Waals surface area contributed by atoms with Crippen molar-refractivity contribution in [2.45, 2.75) is 51.7 Å². The van der Waals surface area contributed by atoms with Crippen LogP contribution < -0.4 is 5.32 Å². The van der Waals surface area contributed by atoms with E-state index in [2.05, 4.69) is 48.4 Å². The zero-order valence-corrected chi connectivity index (χ0v) is 16.5. The van der Waals surface area contributed by atoms with Gasteiger partial charge in [-0.3, -0.25) is 9.20 Å². The van der Waals surface area contributed by atoms with Crippen LogP contribution in [0.25, 0.3) is 5.65 Å². The summed E-state index contributed by atoms with van der Waals surface area (Å²) in [5, 5.41) is 10.4. The second-order valence-corrected chi connectivity index (χ2v) is 7.98. The van der Waals surface area contributed by atoms with Gasteiger partial charge in [-0.15, -0.1) is 10.2 Å². The van der Waals surface area contributed by atoms with Gasteiger partial charge in [0, 0.05) is 12.6 Å². The fourth-order valence-corrected chi connectivity index (χ4v) is 2.92. The van der Waals surface area contributed by atoms with Crippen LogP contribution in [0.2, 0.25) is 0 Å². The molecule has 2 heterocycles. The summed E-state index contributed by atoms with van der Waals surface area (Å²) in [5.41, 5.74) is 1.85. The third-order valence-corrected chi connectivity index (χ3v) is 4.70. The molecule has 2 aromatic heterocycles. The molecule has 0 aliphatic heterocycles. The number of halogens is 3. The van der Waals surface area contributed by atoms with Crippen molar-refractivity contribution in [3.05, 3.63) is 65.1 Å². The minimum atomic E-state index is -4.46. The van der Waals surface area contributed by atoms with E-state index in [1.165, 1.54) is 16.0 Å². The number of pyridine rings is 1. The summed E-state index contributed by atoms with van der Waals surface area (Å²) >= 11 is 0. The number of nitrogens with zero attached hydrogens (tertiary/aromatic N) is 3. The Morgan fingerprint density at radius 1 is 1.00 bits per heavy atom. The molecular formula is C21H23F3N4O. The minimum absolute atomic E-state index is 0.00424. The number of aromatic nitrogens is 3. The zero-order valence-electron chi connectivity index (χ0n) is 16.5. The molecule has 3 rings (SSSR count). The number of fused-ring (bicyclic) bond motifs is 1. The standard InChI is InChI=1S/C21H23F3N4O/c1-20(2,3)15-7-4-14(5-8-15)6-11-19(29)25-12-18-27-26-17-10-9-16(13-28(17)18)21(22,23)24/h4-5,7-10,13H,6,11-12H2,1-3H3,(H,25,29). The van der Waals surface area contributed by atoms with Gasteiger partial charge in [0.05, 0.1) is 12.1 Å². The van der Waals surface area contributed by atoms with Gasteiger partial charge in [-0.2, -0.15) is 13.2 Å². The lowest BCUT2D eigenvalue weighted by molar-refractivity contribution is -0.137. The zero-order chi connectivity index (χ0) is 21.2. The number of carbonyl (C=O) groups excluding carboxylic acids is 1. The molecule has 1 N–H and O–H groups in total. The Bertz CT molecular complexity index is 1000. The van der Waals surface area contributed by atoms with Gasteiger partial charge in [0.15, 0.2) is 11.5 Å². The maximum Gasteiger partial charge on any atom is 0.417 e. The van der Waals surface area contributed by atoms with Crippen LogP contribution in [-0.2, 0) is 29.4 Å². The first-order valence-electron chi connectivity index (χ1n) is 9.31. The van der Waals surface area contributed by atoms with Crippen LogP contribution in [-0.4, -0.2) is 20.5 Å². The van der Waals surface area contributed by atoms with Crippen molar-refractivity contribution in [2.24, 2.45) is 0 Å². The Morgan fingerprint density at radius 3 is 2.28 bits per heavy atom. The maximum absolute atomic E-state index is 12.9. The summed E-state index contributed by atoms with van der Waals surface area (Å²) in [6, 6.07) is 10.4. The molecule has 29 heavy (non-hydrogen) atoms. The van der Waals surface area contributed by atoms with E-state index in [9.17, 15) is 18.0 Å². The molecule has 0 saturated carbocycles. The summed E-state index contributed by atoms with van der Waals surface area (Å²) in [6.45, 7) is 6.42. The Hall–Kier alpha value is -2.90. The number of benzene rings is 1. The first-order chi connectivity index (χ1) is 13.5. The molecule has 0 aliphatic carbocycles. The Morgan fingerprint density at radius 2 is 1.66 bits per heavy atom. The van der Waals surface area contributed by atoms with Crippen molar-refractivity contribution < 1.29 is 18.0 Å². The highest BCUT2D eigenvalue weighted by molar-refractivity contribution is 5.76. The van der Waals surface area contributed by atoms with Crippen molar-refractivity contribution in [3.8, 4) is 0 Å². The molecule has 0 atom stereocenters. The van der Waals surface area contributed by atoms with E-state index in [0.29, 0.717) is 12.1 Å². The second-order valence-electron chi connectivity index (χ2n) is 7.98. The van der Waals surface area contributed by atoms with Gasteiger partial charge < -0.3 is 5.32 Å². The molecule has 1 aromatic carbocycles. The van der Waals surface area contributed by atoms with E-state index in [-0.39, 0.29) is 30.1 Å². The normalized spacial score (nSPS) is 12.3. The number of nitrogens with one attached hydrogen (secondary N) is 1. The molecular weight excluding hydrogens is 381 g/mol. The maximum atomic E-state index is 12.9. The SMILES string of the molecule is CC(C)(C)c1ccc(CCC(=O)NCc2nnc3ccc(C(F)(F)F)cn23)cc1. The van der Waals surface area contributed by atoms with Gasteiger partial charge in [0.2, 0.25) is 5.91 Å². The van der Waals surface area contributed by atoms with Crippen LogP contribution in [0.15, 0.2) is 42.6 Å². The molecule has 8 heteroatoms. The molecule has 3 aromatic rings. The van der Waals surface area contributed by atoms with Crippen molar-refractivity contribution in [2.75, 3.05) is 0 Å². The number of hydrogen-bond donors (Lipinski definition) is 1. The molecule has 0 fully saturated rings. The fraction of sp³-hybridized carbons (Fsp3) is 0.381. The quantitative estimate of drug-likeness (QED) is 0.690. The van der Waals surface area contributed by atoms with E-state index in [4.69, 9.17) is 0 Å². The van der Waals surface area contributed by atoms with E-state index in [1.54, 1.807) is 0 Å². The van der Waals surface area contributed by atoms with Gasteiger partial charge in [0.1, 0.15) is 0 Å². The van der Waals surface area contributed by atoms with Crippen molar-refractivity contribution in [3.63, 3.8) is 0 Å². The van der Waals surface area contributed by atoms with Crippen LogP contribution in [0, 0.1) is 0 Å². The highest BCUT2D eigenvalue weighted by atomic mass is 19.4. The highest BCUT2D eigenvalue weighted by Crippen LogP contribution is 2.29. The number of alkyl halides is 3. The molecule has 1 amide bonds. The lowest BCUT2D eigenvalue weighted by atomic mass is 9.86. The highest BCUT2D eigenvalue weighted by Gasteiger charge is 2.31. The summed E-state index contributed by atoms with van der Waals surface area (Å²) in [6.07, 6.45) is -2.66. The molecule has 0 radical (unpaired) electrons. The average molecular weight is 404 g/mol. The lowest BCUT2D eigenvalue weighted by Gasteiger charge is -2.19.